The van der Waals surface area contributed by atoms with Gasteiger partial charge in [0.25, 0.3) is 0 Å². The van der Waals surface area contributed by atoms with Gasteiger partial charge in [0.15, 0.2) is 0 Å². The highest BCUT2D eigenvalue weighted by Crippen LogP contribution is 2.13. The Hall–Kier alpha value is -1.19. The lowest BCUT2D eigenvalue weighted by atomic mass is 10.0. The number of benzene rings is 1. The zero-order valence-electron chi connectivity index (χ0n) is 10.3. The van der Waals surface area contributed by atoms with E-state index in [1.165, 1.54) is 11.1 Å². The van der Waals surface area contributed by atoms with E-state index in [0.29, 0.717) is 0 Å². The van der Waals surface area contributed by atoms with Gasteiger partial charge in [0.05, 0.1) is 5.01 Å². The molecule has 3 heteroatoms. The van der Waals surface area contributed by atoms with Crippen LogP contribution < -0.4 is 5.73 Å². The van der Waals surface area contributed by atoms with Crippen LogP contribution in [0.4, 0.5) is 0 Å². The lowest BCUT2D eigenvalue weighted by molar-refractivity contribution is 0.661. The Balaban J connectivity index is 1.95. The van der Waals surface area contributed by atoms with Crippen molar-refractivity contribution in [3.8, 4) is 0 Å². The smallest absolute Gasteiger partial charge is 0.0943 e. The summed E-state index contributed by atoms with van der Waals surface area (Å²) in [5, 5.41) is 3.22. The van der Waals surface area contributed by atoms with Crippen LogP contribution in [0.5, 0.6) is 0 Å². The van der Waals surface area contributed by atoms with Crippen molar-refractivity contribution in [2.75, 3.05) is 0 Å². The van der Waals surface area contributed by atoms with Crippen LogP contribution in [0.1, 0.15) is 21.8 Å². The van der Waals surface area contributed by atoms with Gasteiger partial charge in [-0.05, 0) is 25.8 Å². The minimum Gasteiger partial charge on any atom is -0.327 e. The normalized spacial score (nSPS) is 12.6. The Morgan fingerprint density at radius 1 is 1.29 bits per heavy atom. The Morgan fingerprint density at radius 3 is 2.76 bits per heavy atom. The highest BCUT2D eigenvalue weighted by molar-refractivity contribution is 7.09. The second-order valence-corrected chi connectivity index (χ2v) is 5.48. The average molecular weight is 246 g/mol. The van der Waals surface area contributed by atoms with Gasteiger partial charge < -0.3 is 5.73 Å². The van der Waals surface area contributed by atoms with Gasteiger partial charge in [-0.3, -0.25) is 0 Å². The molecule has 2 N–H and O–H groups in total. The molecule has 0 saturated carbocycles. The molecule has 0 aliphatic rings. The Bertz CT molecular complexity index is 490. The molecular weight excluding hydrogens is 228 g/mol. The fraction of sp³-hybridized carbons (Fsp3) is 0.357. The predicted molar refractivity (Wildman–Crippen MR) is 73.4 cm³/mol. The molecule has 0 fully saturated rings. The van der Waals surface area contributed by atoms with Crippen molar-refractivity contribution in [3.05, 3.63) is 51.5 Å². The number of aromatic nitrogens is 1. The fourth-order valence-corrected chi connectivity index (χ4v) is 2.80. The number of nitrogens with zero attached hydrogens (tertiary/aromatic N) is 1. The highest BCUT2D eigenvalue weighted by atomic mass is 32.1. The summed E-state index contributed by atoms with van der Waals surface area (Å²) in [5.74, 6) is 0. The quantitative estimate of drug-likeness (QED) is 0.901. The van der Waals surface area contributed by atoms with E-state index in [9.17, 15) is 0 Å². The van der Waals surface area contributed by atoms with Crippen molar-refractivity contribution in [1.82, 2.24) is 4.98 Å². The van der Waals surface area contributed by atoms with E-state index < -0.39 is 0 Å². The molecule has 2 aromatic rings. The maximum absolute atomic E-state index is 6.16. The standard InChI is InChI=1S/C14H18N2S/c1-10-4-3-5-12(6-10)7-13(15)8-14-16-11(2)9-17-14/h3-6,9,13H,7-8,15H2,1-2H3. The molecule has 2 rings (SSSR count). The topological polar surface area (TPSA) is 38.9 Å². The number of rotatable bonds is 4. The molecule has 1 aromatic carbocycles. The van der Waals surface area contributed by atoms with Crippen molar-refractivity contribution in [2.24, 2.45) is 5.73 Å². The Morgan fingerprint density at radius 2 is 2.12 bits per heavy atom. The first-order valence-electron chi connectivity index (χ1n) is 5.85. The fourth-order valence-electron chi connectivity index (χ4n) is 1.93. The van der Waals surface area contributed by atoms with Crippen LogP contribution >= 0.6 is 11.3 Å². The van der Waals surface area contributed by atoms with E-state index in [-0.39, 0.29) is 6.04 Å². The molecule has 1 atom stereocenters. The van der Waals surface area contributed by atoms with E-state index >= 15 is 0 Å². The molecule has 0 amide bonds. The summed E-state index contributed by atoms with van der Waals surface area (Å²) in [4.78, 5) is 4.45. The van der Waals surface area contributed by atoms with Crippen molar-refractivity contribution in [1.29, 1.82) is 0 Å². The molecule has 0 spiro atoms. The van der Waals surface area contributed by atoms with Crippen molar-refractivity contribution >= 4 is 11.3 Å². The van der Waals surface area contributed by atoms with Crippen molar-refractivity contribution < 1.29 is 0 Å². The van der Waals surface area contributed by atoms with Crippen LogP contribution in [-0.4, -0.2) is 11.0 Å². The lowest BCUT2D eigenvalue weighted by Crippen LogP contribution is -2.25. The second kappa shape index (κ2) is 5.43. The van der Waals surface area contributed by atoms with Gasteiger partial charge in [0.2, 0.25) is 0 Å². The van der Waals surface area contributed by atoms with E-state index in [1.807, 2.05) is 6.92 Å². The van der Waals surface area contributed by atoms with Crippen LogP contribution in [0, 0.1) is 13.8 Å². The first-order valence-corrected chi connectivity index (χ1v) is 6.73. The van der Waals surface area contributed by atoms with E-state index in [2.05, 4.69) is 41.6 Å². The number of hydrogen-bond acceptors (Lipinski definition) is 3. The monoisotopic (exact) mass is 246 g/mol. The number of thiazole rings is 1. The van der Waals surface area contributed by atoms with Crippen LogP contribution in [0.3, 0.4) is 0 Å². The van der Waals surface area contributed by atoms with Gasteiger partial charge in [-0.15, -0.1) is 11.3 Å². The molecule has 2 nitrogen and oxygen atoms in total. The highest BCUT2D eigenvalue weighted by Gasteiger charge is 2.08. The van der Waals surface area contributed by atoms with E-state index in [0.717, 1.165) is 23.5 Å². The van der Waals surface area contributed by atoms with E-state index in [4.69, 9.17) is 5.73 Å². The number of nitrogens with two attached hydrogens (primary N) is 1. The SMILES string of the molecule is Cc1cccc(CC(N)Cc2nc(C)cs2)c1. The molecule has 90 valence electrons. The molecule has 1 aromatic heterocycles. The summed E-state index contributed by atoms with van der Waals surface area (Å²) in [6, 6.07) is 8.69. The van der Waals surface area contributed by atoms with Crippen LogP contribution in [-0.2, 0) is 12.8 Å². The summed E-state index contributed by atoms with van der Waals surface area (Å²) in [5.41, 5.74) is 9.86. The Kier molecular flexibility index (Phi) is 3.92. The number of aryl methyl sites for hydroxylation is 2. The van der Waals surface area contributed by atoms with Crippen molar-refractivity contribution in [3.63, 3.8) is 0 Å². The Labute approximate surface area is 107 Å². The zero-order valence-corrected chi connectivity index (χ0v) is 11.1. The first kappa shape index (κ1) is 12.3. The van der Waals surface area contributed by atoms with Crippen LogP contribution in [0.2, 0.25) is 0 Å². The minimum atomic E-state index is 0.155. The van der Waals surface area contributed by atoms with Gasteiger partial charge in [-0.25, -0.2) is 4.98 Å². The van der Waals surface area contributed by atoms with Gasteiger partial charge >= 0.3 is 0 Å². The van der Waals surface area contributed by atoms with Crippen LogP contribution in [0.25, 0.3) is 0 Å². The van der Waals surface area contributed by atoms with Gasteiger partial charge in [-0.1, -0.05) is 29.8 Å². The lowest BCUT2D eigenvalue weighted by Gasteiger charge is -2.10. The molecule has 0 radical (unpaired) electrons. The first-order chi connectivity index (χ1) is 8.13. The zero-order chi connectivity index (χ0) is 12.3. The predicted octanol–water partition coefficient (Wildman–Crippen LogP) is 2.87. The number of hydrogen-bond donors (Lipinski definition) is 1. The van der Waals surface area contributed by atoms with Gasteiger partial charge in [0.1, 0.15) is 0 Å². The average Bonchev–Trinajstić information content (AvgIpc) is 2.63. The maximum Gasteiger partial charge on any atom is 0.0943 e. The largest absolute Gasteiger partial charge is 0.327 e. The molecule has 1 unspecified atom stereocenters. The van der Waals surface area contributed by atoms with Crippen molar-refractivity contribution in [2.45, 2.75) is 32.7 Å². The van der Waals surface area contributed by atoms with Gasteiger partial charge in [-0.2, -0.15) is 0 Å². The molecule has 0 aliphatic heterocycles. The molecule has 0 saturated heterocycles. The summed E-state index contributed by atoms with van der Waals surface area (Å²) < 4.78 is 0. The third-order valence-electron chi connectivity index (χ3n) is 2.68. The molecule has 0 bridgehead atoms. The molecule has 17 heavy (non-hydrogen) atoms. The second-order valence-electron chi connectivity index (χ2n) is 4.54. The third-order valence-corrected chi connectivity index (χ3v) is 3.67. The van der Waals surface area contributed by atoms with Crippen LogP contribution in [0.15, 0.2) is 29.6 Å². The molecule has 0 aliphatic carbocycles. The minimum absolute atomic E-state index is 0.155. The summed E-state index contributed by atoms with van der Waals surface area (Å²) in [6.07, 6.45) is 1.78. The summed E-state index contributed by atoms with van der Waals surface area (Å²) in [6.45, 7) is 4.13. The summed E-state index contributed by atoms with van der Waals surface area (Å²) >= 11 is 1.70. The summed E-state index contributed by atoms with van der Waals surface area (Å²) in [7, 11) is 0. The van der Waals surface area contributed by atoms with Gasteiger partial charge in [0, 0.05) is 23.5 Å². The molecule has 1 heterocycles. The molecular formula is C14H18N2S. The maximum atomic E-state index is 6.16. The third kappa shape index (κ3) is 3.65. The van der Waals surface area contributed by atoms with E-state index in [1.54, 1.807) is 11.3 Å².